The molecule has 1 N–H and O–H groups in total. The van der Waals surface area contributed by atoms with Crippen LogP contribution in [0.1, 0.15) is 46.5 Å². The molecule has 0 spiro atoms. The maximum Gasteiger partial charge on any atom is 0.225 e. The number of nitrogens with zero attached hydrogens (tertiary/aromatic N) is 1. The summed E-state index contributed by atoms with van der Waals surface area (Å²) < 4.78 is 0. The van der Waals surface area contributed by atoms with Crippen LogP contribution in [0.3, 0.4) is 0 Å². The molecule has 0 saturated carbocycles. The van der Waals surface area contributed by atoms with E-state index in [9.17, 15) is 4.79 Å². The Bertz CT molecular complexity index is 222. The van der Waals surface area contributed by atoms with Crippen LogP contribution in [-0.2, 0) is 4.79 Å². The minimum absolute atomic E-state index is 0.213. The van der Waals surface area contributed by atoms with Gasteiger partial charge in [-0.15, -0.1) is 0 Å². The second kappa shape index (κ2) is 7.70. The molecule has 1 unspecified atom stereocenters. The zero-order valence-electron chi connectivity index (χ0n) is 11.7. The SMILES string of the molecule is CCCC(C)C(=O)N1CCC(CNCC)CC1. The van der Waals surface area contributed by atoms with E-state index < -0.39 is 0 Å². The van der Waals surface area contributed by atoms with Gasteiger partial charge in [0.2, 0.25) is 5.91 Å². The maximum atomic E-state index is 12.1. The minimum atomic E-state index is 0.213. The molecule has 1 saturated heterocycles. The fraction of sp³-hybridized carbons (Fsp3) is 0.929. The summed E-state index contributed by atoms with van der Waals surface area (Å²) in [5.74, 6) is 1.35. The number of carbonyl (C=O) groups is 1. The first-order chi connectivity index (χ1) is 8.19. The van der Waals surface area contributed by atoms with Crippen molar-refractivity contribution >= 4 is 5.91 Å². The molecule has 0 aromatic heterocycles. The third kappa shape index (κ3) is 4.66. The molecule has 3 nitrogen and oxygen atoms in total. The lowest BCUT2D eigenvalue weighted by Crippen LogP contribution is -2.42. The van der Waals surface area contributed by atoms with Crippen molar-refractivity contribution in [3.05, 3.63) is 0 Å². The summed E-state index contributed by atoms with van der Waals surface area (Å²) in [6, 6.07) is 0. The van der Waals surface area contributed by atoms with Gasteiger partial charge in [-0.2, -0.15) is 0 Å². The Morgan fingerprint density at radius 2 is 2.00 bits per heavy atom. The van der Waals surface area contributed by atoms with Gasteiger partial charge in [0.1, 0.15) is 0 Å². The predicted octanol–water partition coefficient (Wildman–Crippen LogP) is 2.27. The number of likely N-dealkylation sites (tertiary alicyclic amines) is 1. The van der Waals surface area contributed by atoms with Gasteiger partial charge in [0.25, 0.3) is 0 Å². The van der Waals surface area contributed by atoms with Crippen LogP contribution in [0, 0.1) is 11.8 Å². The zero-order chi connectivity index (χ0) is 12.7. The molecule has 0 radical (unpaired) electrons. The van der Waals surface area contributed by atoms with E-state index in [2.05, 4.69) is 31.0 Å². The van der Waals surface area contributed by atoms with Crippen LogP contribution in [0.15, 0.2) is 0 Å². The third-order valence-electron chi connectivity index (χ3n) is 3.75. The van der Waals surface area contributed by atoms with Gasteiger partial charge in [0.05, 0.1) is 0 Å². The van der Waals surface area contributed by atoms with Crippen molar-refractivity contribution in [1.29, 1.82) is 0 Å². The molecule has 100 valence electrons. The van der Waals surface area contributed by atoms with Gasteiger partial charge in [0, 0.05) is 19.0 Å². The van der Waals surface area contributed by atoms with Gasteiger partial charge in [-0.3, -0.25) is 4.79 Å². The standard InChI is InChI=1S/C14H28N2O/c1-4-6-12(3)14(17)16-9-7-13(8-10-16)11-15-5-2/h12-13,15H,4-11H2,1-3H3. The Balaban J connectivity index is 2.28. The van der Waals surface area contributed by atoms with E-state index in [-0.39, 0.29) is 5.92 Å². The van der Waals surface area contributed by atoms with Crippen molar-refractivity contribution in [2.75, 3.05) is 26.2 Å². The van der Waals surface area contributed by atoms with Crippen molar-refractivity contribution < 1.29 is 4.79 Å². The van der Waals surface area contributed by atoms with Crippen LogP contribution < -0.4 is 5.32 Å². The summed E-state index contributed by atoms with van der Waals surface area (Å²) >= 11 is 0. The summed E-state index contributed by atoms with van der Waals surface area (Å²) in [6.45, 7) is 10.4. The number of carbonyl (C=O) groups excluding carboxylic acids is 1. The van der Waals surface area contributed by atoms with E-state index in [0.29, 0.717) is 5.91 Å². The number of piperidine rings is 1. The fourth-order valence-electron chi connectivity index (χ4n) is 2.57. The quantitative estimate of drug-likeness (QED) is 0.772. The van der Waals surface area contributed by atoms with E-state index in [0.717, 1.165) is 57.8 Å². The summed E-state index contributed by atoms with van der Waals surface area (Å²) in [4.78, 5) is 14.2. The molecule has 1 fully saturated rings. The van der Waals surface area contributed by atoms with Crippen LogP contribution in [0.4, 0.5) is 0 Å². The first kappa shape index (κ1) is 14.5. The Hall–Kier alpha value is -0.570. The number of rotatable bonds is 6. The molecule has 1 rings (SSSR count). The third-order valence-corrected chi connectivity index (χ3v) is 3.75. The van der Waals surface area contributed by atoms with Crippen molar-refractivity contribution in [3.8, 4) is 0 Å². The van der Waals surface area contributed by atoms with Gasteiger partial charge in [0.15, 0.2) is 0 Å². The van der Waals surface area contributed by atoms with E-state index >= 15 is 0 Å². The van der Waals surface area contributed by atoms with Crippen LogP contribution >= 0.6 is 0 Å². The second-order valence-electron chi connectivity index (χ2n) is 5.27. The highest BCUT2D eigenvalue weighted by atomic mass is 16.2. The van der Waals surface area contributed by atoms with Gasteiger partial charge >= 0.3 is 0 Å². The summed E-state index contributed by atoms with van der Waals surface area (Å²) in [5, 5.41) is 3.40. The summed E-state index contributed by atoms with van der Waals surface area (Å²) in [6.07, 6.45) is 4.45. The monoisotopic (exact) mass is 240 g/mol. The van der Waals surface area contributed by atoms with Gasteiger partial charge in [-0.25, -0.2) is 0 Å². The molecule has 17 heavy (non-hydrogen) atoms. The molecular formula is C14H28N2O. The zero-order valence-corrected chi connectivity index (χ0v) is 11.7. The van der Waals surface area contributed by atoms with Crippen LogP contribution in [0.5, 0.6) is 0 Å². The van der Waals surface area contributed by atoms with Crippen molar-refractivity contribution in [3.63, 3.8) is 0 Å². The topological polar surface area (TPSA) is 32.3 Å². The van der Waals surface area contributed by atoms with Gasteiger partial charge < -0.3 is 10.2 Å². The Morgan fingerprint density at radius 1 is 1.35 bits per heavy atom. The fourth-order valence-corrected chi connectivity index (χ4v) is 2.57. The largest absolute Gasteiger partial charge is 0.342 e. The van der Waals surface area contributed by atoms with Crippen molar-refractivity contribution in [2.24, 2.45) is 11.8 Å². The van der Waals surface area contributed by atoms with E-state index in [1.807, 2.05) is 0 Å². The van der Waals surface area contributed by atoms with E-state index in [1.165, 1.54) is 0 Å². The number of amides is 1. The lowest BCUT2D eigenvalue weighted by molar-refractivity contribution is -0.136. The Morgan fingerprint density at radius 3 is 2.53 bits per heavy atom. The van der Waals surface area contributed by atoms with Crippen LogP contribution in [0.25, 0.3) is 0 Å². The van der Waals surface area contributed by atoms with Gasteiger partial charge in [-0.05, 0) is 38.3 Å². The van der Waals surface area contributed by atoms with Crippen LogP contribution in [0.2, 0.25) is 0 Å². The molecular weight excluding hydrogens is 212 g/mol. The molecule has 1 amide bonds. The molecule has 3 heteroatoms. The summed E-state index contributed by atoms with van der Waals surface area (Å²) in [7, 11) is 0. The first-order valence-corrected chi connectivity index (χ1v) is 7.18. The number of hydrogen-bond donors (Lipinski definition) is 1. The summed E-state index contributed by atoms with van der Waals surface area (Å²) in [5.41, 5.74) is 0. The molecule has 1 aliphatic heterocycles. The highest BCUT2D eigenvalue weighted by molar-refractivity contribution is 5.78. The molecule has 0 aromatic carbocycles. The van der Waals surface area contributed by atoms with E-state index in [4.69, 9.17) is 0 Å². The normalized spacial score (nSPS) is 19.4. The smallest absolute Gasteiger partial charge is 0.225 e. The number of hydrogen-bond acceptors (Lipinski definition) is 2. The lowest BCUT2D eigenvalue weighted by Gasteiger charge is -2.33. The average Bonchev–Trinajstić information content (AvgIpc) is 2.36. The molecule has 1 aliphatic rings. The van der Waals surface area contributed by atoms with Crippen molar-refractivity contribution in [2.45, 2.75) is 46.5 Å². The first-order valence-electron chi connectivity index (χ1n) is 7.18. The molecule has 0 aliphatic carbocycles. The number of nitrogens with one attached hydrogen (secondary N) is 1. The van der Waals surface area contributed by atoms with Crippen molar-refractivity contribution in [1.82, 2.24) is 10.2 Å². The predicted molar refractivity (Wildman–Crippen MR) is 71.9 cm³/mol. The average molecular weight is 240 g/mol. The molecule has 0 bridgehead atoms. The van der Waals surface area contributed by atoms with Crippen LogP contribution in [-0.4, -0.2) is 37.0 Å². The highest BCUT2D eigenvalue weighted by Gasteiger charge is 2.25. The second-order valence-corrected chi connectivity index (χ2v) is 5.27. The Labute approximate surface area is 106 Å². The Kier molecular flexibility index (Phi) is 6.56. The molecule has 1 heterocycles. The van der Waals surface area contributed by atoms with E-state index in [1.54, 1.807) is 0 Å². The highest BCUT2D eigenvalue weighted by Crippen LogP contribution is 2.19. The lowest BCUT2D eigenvalue weighted by atomic mass is 9.95. The molecule has 1 atom stereocenters. The van der Waals surface area contributed by atoms with Gasteiger partial charge in [-0.1, -0.05) is 27.2 Å². The molecule has 0 aromatic rings. The minimum Gasteiger partial charge on any atom is -0.342 e. The maximum absolute atomic E-state index is 12.1.